The van der Waals surface area contributed by atoms with Crippen LogP contribution in [0.15, 0.2) is 48.8 Å². The Morgan fingerprint density at radius 2 is 1.95 bits per heavy atom. The van der Waals surface area contributed by atoms with E-state index in [-0.39, 0.29) is 11.7 Å². The lowest BCUT2D eigenvalue weighted by Crippen LogP contribution is -2.13. The van der Waals surface area contributed by atoms with E-state index in [0.717, 1.165) is 5.56 Å². The van der Waals surface area contributed by atoms with E-state index in [9.17, 15) is 9.90 Å². The minimum absolute atomic E-state index is 0.144. The molecule has 0 aliphatic carbocycles. The SMILES string of the molecule is Cc1ccc(NC(=O)c2cccc3nccnc23)cc1O. The van der Waals surface area contributed by atoms with Gasteiger partial charge in [0, 0.05) is 24.1 Å². The van der Waals surface area contributed by atoms with E-state index in [1.165, 1.54) is 6.07 Å². The summed E-state index contributed by atoms with van der Waals surface area (Å²) in [6.45, 7) is 1.79. The van der Waals surface area contributed by atoms with Crippen molar-refractivity contribution in [1.82, 2.24) is 9.97 Å². The summed E-state index contributed by atoms with van der Waals surface area (Å²) >= 11 is 0. The third-order valence-corrected chi connectivity index (χ3v) is 3.21. The molecule has 2 aromatic carbocycles. The van der Waals surface area contributed by atoms with E-state index in [2.05, 4.69) is 15.3 Å². The number of carbonyl (C=O) groups is 1. The van der Waals surface area contributed by atoms with Crippen LogP contribution in [0, 0.1) is 6.92 Å². The number of phenolic OH excluding ortho intramolecular Hbond substituents is 1. The third-order valence-electron chi connectivity index (χ3n) is 3.21. The number of carbonyl (C=O) groups excluding carboxylic acids is 1. The summed E-state index contributed by atoms with van der Waals surface area (Å²) in [6.07, 6.45) is 3.14. The molecule has 0 fully saturated rings. The van der Waals surface area contributed by atoms with Gasteiger partial charge in [-0.2, -0.15) is 0 Å². The van der Waals surface area contributed by atoms with Crippen molar-refractivity contribution in [3.8, 4) is 5.75 Å². The van der Waals surface area contributed by atoms with Gasteiger partial charge >= 0.3 is 0 Å². The molecule has 0 atom stereocenters. The van der Waals surface area contributed by atoms with Gasteiger partial charge in [0.2, 0.25) is 0 Å². The van der Waals surface area contributed by atoms with Crippen LogP contribution in [0.4, 0.5) is 5.69 Å². The Morgan fingerprint density at radius 3 is 2.76 bits per heavy atom. The Balaban J connectivity index is 1.95. The fraction of sp³-hybridized carbons (Fsp3) is 0.0625. The predicted molar refractivity (Wildman–Crippen MR) is 80.3 cm³/mol. The average Bonchev–Trinajstić information content (AvgIpc) is 2.50. The first kappa shape index (κ1) is 13.1. The van der Waals surface area contributed by atoms with Crippen LogP contribution in [0.2, 0.25) is 0 Å². The molecule has 0 radical (unpaired) electrons. The number of aromatic hydroxyl groups is 1. The maximum Gasteiger partial charge on any atom is 0.257 e. The Labute approximate surface area is 121 Å². The van der Waals surface area contributed by atoms with Crippen molar-refractivity contribution in [2.45, 2.75) is 6.92 Å². The van der Waals surface area contributed by atoms with Crippen molar-refractivity contribution >= 4 is 22.6 Å². The first-order valence-corrected chi connectivity index (χ1v) is 6.46. The van der Waals surface area contributed by atoms with Crippen LogP contribution >= 0.6 is 0 Å². The molecule has 21 heavy (non-hydrogen) atoms. The van der Waals surface area contributed by atoms with Crippen LogP contribution < -0.4 is 5.32 Å². The average molecular weight is 279 g/mol. The molecule has 5 nitrogen and oxygen atoms in total. The molecule has 0 spiro atoms. The monoisotopic (exact) mass is 279 g/mol. The molecule has 0 bridgehead atoms. The zero-order chi connectivity index (χ0) is 14.8. The van der Waals surface area contributed by atoms with Crippen molar-refractivity contribution in [2.75, 3.05) is 5.32 Å². The maximum absolute atomic E-state index is 12.4. The number of anilines is 1. The molecule has 1 heterocycles. The van der Waals surface area contributed by atoms with E-state index in [1.54, 1.807) is 49.6 Å². The first-order chi connectivity index (χ1) is 10.1. The largest absolute Gasteiger partial charge is 0.508 e. The van der Waals surface area contributed by atoms with Crippen molar-refractivity contribution in [3.05, 3.63) is 59.9 Å². The number of benzene rings is 2. The van der Waals surface area contributed by atoms with Gasteiger partial charge < -0.3 is 10.4 Å². The van der Waals surface area contributed by atoms with E-state index < -0.39 is 0 Å². The fourth-order valence-corrected chi connectivity index (χ4v) is 2.06. The minimum atomic E-state index is -0.288. The number of fused-ring (bicyclic) bond motifs is 1. The topological polar surface area (TPSA) is 75.1 Å². The van der Waals surface area contributed by atoms with Crippen LogP contribution in [0.3, 0.4) is 0 Å². The van der Waals surface area contributed by atoms with Gasteiger partial charge in [-0.25, -0.2) is 0 Å². The third kappa shape index (κ3) is 2.53. The highest BCUT2D eigenvalue weighted by molar-refractivity contribution is 6.11. The van der Waals surface area contributed by atoms with E-state index in [0.29, 0.717) is 22.3 Å². The lowest BCUT2D eigenvalue weighted by atomic mass is 10.1. The molecule has 0 saturated heterocycles. The summed E-state index contributed by atoms with van der Waals surface area (Å²) < 4.78 is 0. The van der Waals surface area contributed by atoms with Gasteiger partial charge in [-0.1, -0.05) is 12.1 Å². The van der Waals surface area contributed by atoms with Gasteiger partial charge in [-0.15, -0.1) is 0 Å². The summed E-state index contributed by atoms with van der Waals surface area (Å²) in [5.41, 5.74) is 2.94. The lowest BCUT2D eigenvalue weighted by molar-refractivity contribution is 0.102. The molecule has 5 heteroatoms. The van der Waals surface area contributed by atoms with Crippen molar-refractivity contribution in [3.63, 3.8) is 0 Å². The lowest BCUT2D eigenvalue weighted by Gasteiger charge is -2.08. The maximum atomic E-state index is 12.4. The van der Waals surface area contributed by atoms with Gasteiger partial charge in [-0.05, 0) is 30.7 Å². The Morgan fingerprint density at radius 1 is 1.14 bits per heavy atom. The van der Waals surface area contributed by atoms with Crippen molar-refractivity contribution < 1.29 is 9.90 Å². The van der Waals surface area contributed by atoms with E-state index >= 15 is 0 Å². The number of hydrogen-bond acceptors (Lipinski definition) is 4. The van der Waals surface area contributed by atoms with Crippen LogP contribution in [0.1, 0.15) is 15.9 Å². The van der Waals surface area contributed by atoms with Crippen molar-refractivity contribution in [1.29, 1.82) is 0 Å². The number of amides is 1. The minimum Gasteiger partial charge on any atom is -0.508 e. The summed E-state index contributed by atoms with van der Waals surface area (Å²) in [4.78, 5) is 20.7. The van der Waals surface area contributed by atoms with Gasteiger partial charge in [0.05, 0.1) is 11.1 Å². The van der Waals surface area contributed by atoms with Crippen LogP contribution in [-0.4, -0.2) is 21.0 Å². The number of nitrogens with one attached hydrogen (secondary N) is 1. The van der Waals surface area contributed by atoms with Gasteiger partial charge in [0.15, 0.2) is 0 Å². The number of nitrogens with zero attached hydrogens (tertiary/aromatic N) is 2. The number of aryl methyl sites for hydroxylation is 1. The molecular formula is C16H13N3O2. The van der Waals surface area contributed by atoms with Gasteiger partial charge in [0.25, 0.3) is 5.91 Å². The van der Waals surface area contributed by atoms with Gasteiger partial charge in [0.1, 0.15) is 11.3 Å². The van der Waals surface area contributed by atoms with Crippen LogP contribution in [-0.2, 0) is 0 Å². The number of para-hydroxylation sites is 1. The first-order valence-electron chi connectivity index (χ1n) is 6.46. The molecule has 0 aliphatic heterocycles. The Bertz CT molecular complexity index is 825. The molecule has 0 unspecified atom stereocenters. The highest BCUT2D eigenvalue weighted by Crippen LogP contribution is 2.22. The van der Waals surface area contributed by atoms with Crippen LogP contribution in [0.5, 0.6) is 5.75 Å². The molecule has 3 aromatic rings. The summed E-state index contributed by atoms with van der Waals surface area (Å²) in [6, 6.07) is 10.3. The number of rotatable bonds is 2. The molecule has 0 aliphatic rings. The number of aromatic nitrogens is 2. The summed E-state index contributed by atoms with van der Waals surface area (Å²) in [5, 5.41) is 12.4. The highest BCUT2D eigenvalue weighted by atomic mass is 16.3. The fourth-order valence-electron chi connectivity index (χ4n) is 2.06. The summed E-state index contributed by atoms with van der Waals surface area (Å²) in [5.74, 6) is -0.144. The molecule has 1 amide bonds. The molecular weight excluding hydrogens is 266 g/mol. The highest BCUT2D eigenvalue weighted by Gasteiger charge is 2.12. The molecule has 1 aromatic heterocycles. The van der Waals surface area contributed by atoms with E-state index in [1.807, 2.05) is 0 Å². The van der Waals surface area contributed by atoms with Crippen molar-refractivity contribution in [2.24, 2.45) is 0 Å². The molecule has 2 N–H and O–H groups in total. The molecule has 0 saturated carbocycles. The quantitative estimate of drug-likeness (QED) is 0.756. The summed E-state index contributed by atoms with van der Waals surface area (Å²) in [7, 11) is 0. The number of phenols is 1. The van der Waals surface area contributed by atoms with Crippen LogP contribution in [0.25, 0.3) is 11.0 Å². The second-order valence-electron chi connectivity index (χ2n) is 4.69. The van der Waals surface area contributed by atoms with Gasteiger partial charge in [-0.3, -0.25) is 14.8 Å². The smallest absolute Gasteiger partial charge is 0.257 e. The second kappa shape index (κ2) is 5.20. The zero-order valence-corrected chi connectivity index (χ0v) is 11.4. The Hall–Kier alpha value is -2.95. The molecule has 3 rings (SSSR count). The zero-order valence-electron chi connectivity index (χ0n) is 11.4. The normalized spacial score (nSPS) is 10.5. The Kier molecular flexibility index (Phi) is 3.23. The standard InChI is InChI=1S/C16H13N3O2/c1-10-5-6-11(9-14(10)20)19-16(21)12-3-2-4-13-15(12)18-8-7-17-13/h2-9,20H,1H3,(H,19,21). The number of hydrogen-bond donors (Lipinski definition) is 2. The van der Waals surface area contributed by atoms with E-state index in [4.69, 9.17) is 0 Å². The second-order valence-corrected chi connectivity index (χ2v) is 4.69. The predicted octanol–water partition coefficient (Wildman–Crippen LogP) is 2.90. The molecule has 104 valence electrons.